The predicted octanol–water partition coefficient (Wildman–Crippen LogP) is 5.84. The minimum absolute atomic E-state index is 0.000675. The second-order valence-electron chi connectivity index (χ2n) is 9.98. The van der Waals surface area contributed by atoms with E-state index in [-0.39, 0.29) is 24.0 Å². The lowest BCUT2D eigenvalue weighted by Crippen LogP contribution is -2.45. The molecule has 0 bridgehead atoms. The SMILES string of the molecule is COC(=O)[C@H](CC(C)C)NC(c1ccc2c(c1)oc1ccc(OC3CCN(C)CC3)cc12)C(F)(F)F. The Balaban J connectivity index is 1.63. The normalized spacial score (nSPS) is 17.6. The molecule has 2 heterocycles. The van der Waals surface area contributed by atoms with Crippen LogP contribution < -0.4 is 10.1 Å². The molecule has 0 saturated carbocycles. The summed E-state index contributed by atoms with van der Waals surface area (Å²) >= 11 is 0. The molecule has 0 amide bonds. The summed E-state index contributed by atoms with van der Waals surface area (Å²) in [7, 11) is 3.26. The molecule has 36 heavy (non-hydrogen) atoms. The van der Waals surface area contributed by atoms with E-state index >= 15 is 0 Å². The topological polar surface area (TPSA) is 63.9 Å². The van der Waals surface area contributed by atoms with Crippen LogP contribution in [-0.2, 0) is 9.53 Å². The maximum Gasteiger partial charge on any atom is 0.407 e. The predicted molar refractivity (Wildman–Crippen MR) is 132 cm³/mol. The van der Waals surface area contributed by atoms with Gasteiger partial charge in [-0.15, -0.1) is 0 Å². The van der Waals surface area contributed by atoms with Crippen LogP contribution in [0.15, 0.2) is 40.8 Å². The zero-order chi connectivity index (χ0) is 26.0. The first-order valence-electron chi connectivity index (χ1n) is 12.3. The Bertz CT molecular complexity index is 1200. The molecule has 1 fully saturated rings. The molecule has 1 aromatic heterocycles. The lowest BCUT2D eigenvalue weighted by atomic mass is 9.99. The van der Waals surface area contributed by atoms with Gasteiger partial charge in [0.25, 0.3) is 0 Å². The van der Waals surface area contributed by atoms with Gasteiger partial charge in [0.2, 0.25) is 0 Å². The summed E-state index contributed by atoms with van der Waals surface area (Å²) in [6.45, 7) is 5.64. The van der Waals surface area contributed by atoms with Gasteiger partial charge in [0.15, 0.2) is 0 Å². The Morgan fingerprint density at radius 3 is 2.47 bits per heavy atom. The number of carbonyl (C=O) groups is 1. The van der Waals surface area contributed by atoms with Crippen molar-refractivity contribution >= 4 is 27.9 Å². The smallest absolute Gasteiger partial charge is 0.407 e. The number of esters is 1. The van der Waals surface area contributed by atoms with Crippen molar-refractivity contribution in [2.75, 3.05) is 27.2 Å². The molecule has 3 aromatic rings. The Labute approximate surface area is 208 Å². The summed E-state index contributed by atoms with van der Waals surface area (Å²) in [5, 5.41) is 3.97. The van der Waals surface area contributed by atoms with Crippen molar-refractivity contribution in [1.29, 1.82) is 0 Å². The monoisotopic (exact) mass is 506 g/mol. The van der Waals surface area contributed by atoms with Gasteiger partial charge >= 0.3 is 12.1 Å². The second kappa shape index (κ2) is 10.7. The van der Waals surface area contributed by atoms with Gasteiger partial charge in [0.1, 0.15) is 35.1 Å². The maximum absolute atomic E-state index is 14.1. The summed E-state index contributed by atoms with van der Waals surface area (Å²) in [5.41, 5.74) is 0.879. The number of rotatable bonds is 8. The highest BCUT2D eigenvalue weighted by Gasteiger charge is 2.43. The maximum atomic E-state index is 14.1. The van der Waals surface area contributed by atoms with Gasteiger partial charge in [-0.1, -0.05) is 26.0 Å². The van der Waals surface area contributed by atoms with Gasteiger partial charge in [-0.05, 0) is 62.1 Å². The number of halogens is 3. The van der Waals surface area contributed by atoms with Crippen molar-refractivity contribution < 1.29 is 31.9 Å². The van der Waals surface area contributed by atoms with E-state index in [1.54, 1.807) is 12.1 Å². The number of likely N-dealkylation sites (tertiary alicyclic amines) is 1. The summed E-state index contributed by atoms with van der Waals surface area (Å²) < 4.78 is 59.2. The number of piperidine rings is 1. The first kappa shape index (κ1) is 26.3. The number of benzene rings is 2. The van der Waals surface area contributed by atoms with E-state index in [9.17, 15) is 18.0 Å². The van der Waals surface area contributed by atoms with Crippen LogP contribution in [0, 0.1) is 5.92 Å². The largest absolute Gasteiger partial charge is 0.490 e. The van der Waals surface area contributed by atoms with Gasteiger partial charge in [-0.25, -0.2) is 0 Å². The summed E-state index contributed by atoms with van der Waals surface area (Å²) in [5.74, 6) is -0.00699. The standard InChI is InChI=1S/C27H33F3N2O4/c1-16(2)13-22(26(33)34-4)31-25(27(28,29)30)17-5-7-20-21-15-19(6-8-23(21)36-24(20)14-17)35-18-9-11-32(3)12-10-18/h5-8,14-16,18,22,25,31H,9-13H2,1-4H3/t22-,25?/m0/s1. The quantitative estimate of drug-likeness (QED) is 0.388. The number of nitrogens with zero attached hydrogens (tertiary/aromatic N) is 1. The van der Waals surface area contributed by atoms with Crippen LogP contribution in [-0.4, -0.2) is 56.4 Å². The van der Waals surface area contributed by atoms with Gasteiger partial charge in [-0.2, -0.15) is 13.2 Å². The molecule has 4 rings (SSSR count). The van der Waals surface area contributed by atoms with E-state index in [0.29, 0.717) is 22.3 Å². The highest BCUT2D eigenvalue weighted by molar-refractivity contribution is 6.05. The third-order valence-electron chi connectivity index (χ3n) is 6.66. The molecule has 0 spiro atoms. The van der Waals surface area contributed by atoms with E-state index in [0.717, 1.165) is 31.3 Å². The van der Waals surface area contributed by atoms with Crippen LogP contribution in [0.5, 0.6) is 5.75 Å². The molecule has 0 radical (unpaired) electrons. The third kappa shape index (κ3) is 5.95. The highest BCUT2D eigenvalue weighted by Crippen LogP contribution is 2.38. The summed E-state index contributed by atoms with van der Waals surface area (Å²) in [4.78, 5) is 14.4. The fourth-order valence-corrected chi connectivity index (χ4v) is 4.75. The number of hydrogen-bond acceptors (Lipinski definition) is 6. The van der Waals surface area contributed by atoms with Crippen molar-refractivity contribution in [1.82, 2.24) is 10.2 Å². The number of methoxy groups -OCH3 is 1. The van der Waals surface area contributed by atoms with Crippen molar-refractivity contribution in [2.45, 2.75) is 57.5 Å². The van der Waals surface area contributed by atoms with Crippen LogP contribution in [0.4, 0.5) is 13.2 Å². The van der Waals surface area contributed by atoms with E-state index in [1.165, 1.54) is 19.2 Å². The first-order chi connectivity index (χ1) is 17.0. The van der Waals surface area contributed by atoms with Crippen LogP contribution in [0.2, 0.25) is 0 Å². The van der Waals surface area contributed by atoms with E-state index in [2.05, 4.69) is 17.3 Å². The van der Waals surface area contributed by atoms with Gasteiger partial charge in [0, 0.05) is 23.9 Å². The van der Waals surface area contributed by atoms with Gasteiger partial charge < -0.3 is 18.8 Å². The Kier molecular flexibility index (Phi) is 7.80. The molecule has 1 unspecified atom stereocenters. The molecule has 2 aromatic carbocycles. The molecule has 1 N–H and O–H groups in total. The van der Waals surface area contributed by atoms with E-state index in [1.807, 2.05) is 26.0 Å². The number of ether oxygens (including phenoxy) is 2. The Hall–Kier alpha value is -2.78. The second-order valence-corrected chi connectivity index (χ2v) is 9.98. The van der Waals surface area contributed by atoms with Crippen molar-refractivity contribution in [3.63, 3.8) is 0 Å². The zero-order valence-corrected chi connectivity index (χ0v) is 21.0. The first-order valence-corrected chi connectivity index (χ1v) is 12.3. The molecule has 0 aliphatic carbocycles. The van der Waals surface area contributed by atoms with Crippen molar-refractivity contribution in [3.05, 3.63) is 42.0 Å². The van der Waals surface area contributed by atoms with Crippen LogP contribution >= 0.6 is 0 Å². The number of carbonyl (C=O) groups excluding carboxylic acids is 1. The molecule has 1 aliphatic rings. The van der Waals surface area contributed by atoms with Gasteiger partial charge in [-0.3, -0.25) is 10.1 Å². The van der Waals surface area contributed by atoms with E-state index < -0.39 is 24.2 Å². The number of furan rings is 1. The molecular formula is C27H33F3N2O4. The minimum Gasteiger partial charge on any atom is -0.490 e. The number of nitrogens with one attached hydrogen (secondary N) is 1. The lowest BCUT2D eigenvalue weighted by Gasteiger charge is -2.29. The molecular weight excluding hydrogens is 473 g/mol. The fraction of sp³-hybridized carbons (Fsp3) is 0.519. The number of fused-ring (bicyclic) bond motifs is 3. The number of hydrogen-bond donors (Lipinski definition) is 1. The van der Waals surface area contributed by atoms with Gasteiger partial charge in [0.05, 0.1) is 7.11 Å². The number of alkyl halides is 3. The van der Waals surface area contributed by atoms with Crippen molar-refractivity contribution in [3.8, 4) is 5.75 Å². The summed E-state index contributed by atoms with van der Waals surface area (Å²) in [6, 6.07) is 6.80. The molecule has 196 valence electrons. The summed E-state index contributed by atoms with van der Waals surface area (Å²) in [6.07, 6.45) is -2.39. The Morgan fingerprint density at radius 1 is 1.11 bits per heavy atom. The zero-order valence-electron chi connectivity index (χ0n) is 21.0. The molecule has 2 atom stereocenters. The van der Waals surface area contributed by atoms with Crippen LogP contribution in [0.1, 0.15) is 44.7 Å². The Morgan fingerprint density at radius 2 is 1.83 bits per heavy atom. The van der Waals surface area contributed by atoms with Crippen molar-refractivity contribution in [2.24, 2.45) is 5.92 Å². The fourth-order valence-electron chi connectivity index (χ4n) is 4.75. The lowest BCUT2D eigenvalue weighted by molar-refractivity contribution is -0.164. The van der Waals surface area contributed by atoms with Crippen LogP contribution in [0.25, 0.3) is 21.9 Å². The molecule has 1 saturated heterocycles. The third-order valence-corrected chi connectivity index (χ3v) is 6.66. The average Bonchev–Trinajstić information content (AvgIpc) is 3.18. The molecule has 1 aliphatic heterocycles. The minimum atomic E-state index is -4.63. The highest BCUT2D eigenvalue weighted by atomic mass is 19.4. The van der Waals surface area contributed by atoms with E-state index in [4.69, 9.17) is 13.9 Å². The molecule has 9 heteroatoms. The molecule has 6 nitrogen and oxygen atoms in total. The average molecular weight is 507 g/mol. The van der Waals surface area contributed by atoms with Crippen LogP contribution in [0.3, 0.4) is 0 Å².